The van der Waals surface area contributed by atoms with Gasteiger partial charge in [-0.1, -0.05) is 48.0 Å². The summed E-state index contributed by atoms with van der Waals surface area (Å²) in [6, 6.07) is 22.5. The molecule has 7 heteroatoms. The lowest BCUT2D eigenvalue weighted by atomic mass is 10.1. The number of halogens is 1. The molecule has 3 aromatic carbocycles. The van der Waals surface area contributed by atoms with Crippen molar-refractivity contribution in [2.45, 2.75) is 24.9 Å². The molecule has 2 atom stereocenters. The second-order valence-electron chi connectivity index (χ2n) is 7.90. The van der Waals surface area contributed by atoms with Crippen LogP contribution in [0.3, 0.4) is 0 Å². The molecule has 33 heavy (non-hydrogen) atoms. The van der Waals surface area contributed by atoms with Crippen LogP contribution in [-0.4, -0.2) is 29.6 Å². The van der Waals surface area contributed by atoms with E-state index < -0.39 is 0 Å². The monoisotopic (exact) mass is 480 g/mol. The van der Waals surface area contributed by atoms with E-state index in [-0.39, 0.29) is 23.2 Å². The average molecular weight is 481 g/mol. The van der Waals surface area contributed by atoms with Crippen LogP contribution in [0, 0.1) is 0 Å². The lowest BCUT2D eigenvalue weighted by molar-refractivity contribution is -0.128. The Hall–Kier alpha value is -2.96. The molecule has 2 amide bonds. The van der Waals surface area contributed by atoms with Crippen molar-refractivity contribution in [2.75, 3.05) is 12.9 Å². The van der Waals surface area contributed by atoms with E-state index in [0.29, 0.717) is 22.9 Å². The number of carbonyl (C=O) groups is 2. The molecule has 1 saturated heterocycles. The fraction of sp³-hybridized carbons (Fsp3) is 0.231. The Labute approximate surface area is 203 Å². The van der Waals surface area contributed by atoms with Gasteiger partial charge >= 0.3 is 0 Å². The Morgan fingerprint density at radius 1 is 1.09 bits per heavy atom. The van der Waals surface area contributed by atoms with E-state index >= 15 is 0 Å². The van der Waals surface area contributed by atoms with Gasteiger partial charge in [-0.3, -0.25) is 9.59 Å². The number of hydrogen-bond donors (Lipinski definition) is 1. The van der Waals surface area contributed by atoms with Crippen molar-refractivity contribution in [2.24, 2.45) is 0 Å². The average Bonchev–Trinajstić information content (AvgIpc) is 3.20. The highest BCUT2D eigenvalue weighted by Gasteiger charge is 2.32. The molecule has 3 aromatic rings. The lowest BCUT2D eigenvalue weighted by Gasteiger charge is -2.24. The van der Waals surface area contributed by atoms with Crippen molar-refractivity contribution in [3.63, 3.8) is 0 Å². The first kappa shape index (κ1) is 23.2. The third-order valence-corrected chi connectivity index (χ3v) is 7.16. The number of hydrogen-bond acceptors (Lipinski definition) is 4. The number of methoxy groups -OCH3 is 1. The van der Waals surface area contributed by atoms with Crippen LogP contribution in [-0.2, 0) is 11.3 Å². The van der Waals surface area contributed by atoms with E-state index in [9.17, 15) is 9.59 Å². The molecule has 0 bridgehead atoms. The SMILES string of the molecule is COc1ccc([C@H](C)NC(=O)c2ccc([C@@H]3SCC(=O)N3Cc3ccc(Cl)cc3)cc2)cc1. The molecule has 1 N–H and O–H groups in total. The summed E-state index contributed by atoms with van der Waals surface area (Å²) in [4.78, 5) is 27.1. The molecule has 0 aliphatic carbocycles. The van der Waals surface area contributed by atoms with E-state index in [1.54, 1.807) is 18.9 Å². The maximum Gasteiger partial charge on any atom is 0.251 e. The van der Waals surface area contributed by atoms with Gasteiger partial charge < -0.3 is 15.0 Å². The Morgan fingerprint density at radius 2 is 1.76 bits per heavy atom. The van der Waals surface area contributed by atoms with Crippen LogP contribution in [0.15, 0.2) is 72.8 Å². The molecule has 4 rings (SSSR count). The van der Waals surface area contributed by atoms with E-state index in [0.717, 1.165) is 22.4 Å². The molecule has 0 spiro atoms. The maximum absolute atomic E-state index is 12.8. The van der Waals surface area contributed by atoms with Gasteiger partial charge in [0, 0.05) is 17.1 Å². The fourth-order valence-corrected chi connectivity index (χ4v) is 5.06. The van der Waals surface area contributed by atoms with Crippen molar-refractivity contribution < 1.29 is 14.3 Å². The molecule has 0 saturated carbocycles. The Balaban J connectivity index is 1.42. The van der Waals surface area contributed by atoms with Gasteiger partial charge in [0.2, 0.25) is 5.91 Å². The minimum absolute atomic E-state index is 0.0801. The molecule has 1 aliphatic rings. The number of carbonyl (C=O) groups excluding carboxylic acids is 2. The molecule has 0 aromatic heterocycles. The van der Waals surface area contributed by atoms with Crippen molar-refractivity contribution >= 4 is 35.2 Å². The Bertz CT molecular complexity index is 1120. The van der Waals surface area contributed by atoms with Crippen LogP contribution in [0.25, 0.3) is 0 Å². The van der Waals surface area contributed by atoms with Gasteiger partial charge in [-0.15, -0.1) is 11.8 Å². The van der Waals surface area contributed by atoms with Gasteiger partial charge in [-0.05, 0) is 60.0 Å². The van der Waals surface area contributed by atoms with Gasteiger partial charge in [0.15, 0.2) is 0 Å². The predicted molar refractivity (Wildman–Crippen MR) is 133 cm³/mol. The number of amides is 2. The third kappa shape index (κ3) is 5.52. The quantitative estimate of drug-likeness (QED) is 0.477. The minimum atomic E-state index is -0.141. The van der Waals surface area contributed by atoms with Crippen LogP contribution in [0.1, 0.15) is 45.4 Å². The van der Waals surface area contributed by atoms with Gasteiger partial charge in [0.05, 0.1) is 18.9 Å². The summed E-state index contributed by atoms with van der Waals surface area (Å²) in [6.45, 7) is 2.47. The van der Waals surface area contributed by atoms with Gasteiger partial charge in [0.1, 0.15) is 11.1 Å². The molecular formula is C26H25ClN2O3S. The maximum atomic E-state index is 12.8. The topological polar surface area (TPSA) is 58.6 Å². The van der Waals surface area contributed by atoms with E-state index in [1.165, 1.54) is 0 Å². The Morgan fingerprint density at radius 3 is 2.39 bits per heavy atom. The first-order valence-corrected chi connectivity index (χ1v) is 12.1. The normalized spacial score (nSPS) is 16.5. The number of nitrogens with one attached hydrogen (secondary N) is 1. The zero-order valence-electron chi connectivity index (χ0n) is 18.5. The minimum Gasteiger partial charge on any atom is -0.497 e. The number of thioether (sulfide) groups is 1. The summed E-state index contributed by atoms with van der Waals surface area (Å²) in [5, 5.41) is 3.63. The zero-order valence-corrected chi connectivity index (χ0v) is 20.0. The standard InChI is InChI=1S/C26H25ClN2O3S/c1-17(19-9-13-23(32-2)14-10-19)28-25(31)20-5-7-21(8-6-20)26-29(24(30)16-33-26)15-18-3-11-22(27)12-4-18/h3-14,17,26H,15-16H2,1-2H3,(H,28,31)/t17-,26-/m0/s1. The number of benzene rings is 3. The van der Waals surface area contributed by atoms with Crippen LogP contribution in [0.2, 0.25) is 5.02 Å². The molecular weight excluding hydrogens is 456 g/mol. The van der Waals surface area contributed by atoms with Gasteiger partial charge in [-0.25, -0.2) is 0 Å². The highest BCUT2D eigenvalue weighted by molar-refractivity contribution is 8.00. The van der Waals surface area contributed by atoms with Crippen LogP contribution < -0.4 is 10.1 Å². The largest absolute Gasteiger partial charge is 0.497 e. The second-order valence-corrected chi connectivity index (χ2v) is 9.41. The number of rotatable bonds is 7. The highest BCUT2D eigenvalue weighted by Crippen LogP contribution is 2.39. The zero-order chi connectivity index (χ0) is 23.4. The summed E-state index contributed by atoms with van der Waals surface area (Å²) in [5.41, 5.74) is 3.61. The number of nitrogens with zero attached hydrogens (tertiary/aromatic N) is 1. The lowest BCUT2D eigenvalue weighted by Crippen LogP contribution is -2.28. The Kier molecular flexibility index (Phi) is 7.26. The molecule has 5 nitrogen and oxygen atoms in total. The van der Waals surface area contributed by atoms with Gasteiger partial charge in [0.25, 0.3) is 5.91 Å². The molecule has 0 radical (unpaired) electrons. The van der Waals surface area contributed by atoms with Crippen LogP contribution in [0.4, 0.5) is 0 Å². The predicted octanol–water partition coefficient (Wildman–Crippen LogP) is 5.61. The van der Waals surface area contributed by atoms with Crippen molar-refractivity contribution in [3.05, 3.63) is 100 Å². The molecule has 1 aliphatic heterocycles. The van der Waals surface area contributed by atoms with E-state index in [1.807, 2.05) is 84.6 Å². The first-order valence-electron chi connectivity index (χ1n) is 10.6. The van der Waals surface area contributed by atoms with E-state index in [2.05, 4.69) is 5.32 Å². The van der Waals surface area contributed by atoms with Crippen molar-refractivity contribution in [1.82, 2.24) is 10.2 Å². The third-order valence-electron chi connectivity index (χ3n) is 5.66. The highest BCUT2D eigenvalue weighted by atomic mass is 35.5. The molecule has 1 fully saturated rings. The summed E-state index contributed by atoms with van der Waals surface area (Å²) < 4.78 is 5.19. The first-order chi connectivity index (χ1) is 15.9. The molecule has 0 unspecified atom stereocenters. The van der Waals surface area contributed by atoms with Crippen molar-refractivity contribution in [1.29, 1.82) is 0 Å². The smallest absolute Gasteiger partial charge is 0.251 e. The van der Waals surface area contributed by atoms with E-state index in [4.69, 9.17) is 16.3 Å². The fourth-order valence-electron chi connectivity index (χ4n) is 3.74. The van der Waals surface area contributed by atoms with Crippen molar-refractivity contribution in [3.8, 4) is 5.75 Å². The second kappa shape index (κ2) is 10.3. The summed E-state index contributed by atoms with van der Waals surface area (Å²) in [7, 11) is 1.63. The van der Waals surface area contributed by atoms with Gasteiger partial charge in [-0.2, -0.15) is 0 Å². The van der Waals surface area contributed by atoms with Crippen LogP contribution in [0.5, 0.6) is 5.75 Å². The summed E-state index contributed by atoms with van der Waals surface area (Å²) >= 11 is 7.58. The number of ether oxygens (including phenoxy) is 1. The van der Waals surface area contributed by atoms with Crippen LogP contribution >= 0.6 is 23.4 Å². The molecule has 170 valence electrons. The summed E-state index contributed by atoms with van der Waals surface area (Å²) in [6.07, 6.45) is 0. The molecule has 1 heterocycles. The summed E-state index contributed by atoms with van der Waals surface area (Å²) in [5.74, 6) is 1.19.